The molecule has 0 unspecified atom stereocenters. The molecule has 0 saturated heterocycles. The van der Waals surface area contributed by atoms with Gasteiger partial charge in [-0.1, -0.05) is 45.7 Å². The maximum Gasteiger partial charge on any atom is 0.0464 e. The van der Waals surface area contributed by atoms with Crippen LogP contribution in [0.15, 0.2) is 40.9 Å². The van der Waals surface area contributed by atoms with Crippen molar-refractivity contribution in [3.63, 3.8) is 0 Å². The first-order valence-corrected chi connectivity index (χ1v) is 6.98. The fraction of sp³-hybridized carbons (Fsp3) is 0.200. The number of hydrogen-bond donors (Lipinski definition) is 1. The molecule has 0 amide bonds. The Hall–Kier alpha value is -0.990. The molecule has 18 heavy (non-hydrogen) atoms. The van der Waals surface area contributed by atoms with Crippen LogP contribution in [0.5, 0.6) is 0 Å². The summed E-state index contributed by atoms with van der Waals surface area (Å²) in [6, 6.07) is 12.4. The highest BCUT2D eigenvalue weighted by Gasteiger charge is 2.02. The molecule has 94 valence electrons. The van der Waals surface area contributed by atoms with E-state index < -0.39 is 0 Å². The smallest absolute Gasteiger partial charge is 0.0464 e. The van der Waals surface area contributed by atoms with Crippen LogP contribution in [-0.4, -0.2) is 0 Å². The molecular formula is C15H15BrClN. The minimum atomic E-state index is 0.801. The van der Waals surface area contributed by atoms with Gasteiger partial charge < -0.3 is 5.32 Å². The first kappa shape index (κ1) is 13.4. The number of anilines is 1. The van der Waals surface area contributed by atoms with Crippen LogP contribution < -0.4 is 5.32 Å². The third-order valence-corrected chi connectivity index (χ3v) is 3.91. The van der Waals surface area contributed by atoms with Gasteiger partial charge in [0.25, 0.3) is 0 Å². The molecule has 2 rings (SSSR count). The van der Waals surface area contributed by atoms with E-state index in [9.17, 15) is 0 Å². The Morgan fingerprint density at radius 3 is 2.39 bits per heavy atom. The first-order chi connectivity index (χ1) is 8.56. The van der Waals surface area contributed by atoms with Gasteiger partial charge in [0.15, 0.2) is 0 Å². The minimum absolute atomic E-state index is 0.801. The van der Waals surface area contributed by atoms with Gasteiger partial charge in [-0.3, -0.25) is 0 Å². The summed E-state index contributed by atoms with van der Waals surface area (Å²) in [5.74, 6) is 0. The summed E-state index contributed by atoms with van der Waals surface area (Å²) in [6.07, 6.45) is 0. The van der Waals surface area contributed by atoms with Gasteiger partial charge in [-0.05, 0) is 48.7 Å². The van der Waals surface area contributed by atoms with Gasteiger partial charge in [-0.15, -0.1) is 0 Å². The van der Waals surface area contributed by atoms with Crippen molar-refractivity contribution in [3.8, 4) is 0 Å². The molecule has 0 radical (unpaired) electrons. The lowest BCUT2D eigenvalue weighted by atomic mass is 10.1. The molecule has 0 spiro atoms. The van der Waals surface area contributed by atoms with Crippen LogP contribution >= 0.6 is 27.5 Å². The number of benzene rings is 2. The zero-order valence-corrected chi connectivity index (χ0v) is 12.8. The molecule has 0 aliphatic rings. The molecule has 0 saturated carbocycles. The number of nitrogens with one attached hydrogen (secondary N) is 1. The minimum Gasteiger partial charge on any atom is -0.381 e. The summed E-state index contributed by atoms with van der Waals surface area (Å²) in [5.41, 5.74) is 4.61. The van der Waals surface area contributed by atoms with E-state index in [4.69, 9.17) is 11.6 Å². The molecule has 3 heteroatoms. The topological polar surface area (TPSA) is 12.0 Å². The molecule has 1 N–H and O–H groups in total. The van der Waals surface area contributed by atoms with Gasteiger partial charge in [-0.2, -0.15) is 0 Å². The molecular weight excluding hydrogens is 310 g/mol. The zero-order chi connectivity index (χ0) is 13.1. The standard InChI is InChI=1S/C15H15BrClN/c1-10-6-12(7-11(2)15(10)17)9-18-14-5-3-4-13(16)8-14/h3-8,18H,9H2,1-2H3. The van der Waals surface area contributed by atoms with E-state index in [1.807, 2.05) is 26.0 Å². The van der Waals surface area contributed by atoms with Crippen LogP contribution in [0.3, 0.4) is 0 Å². The SMILES string of the molecule is Cc1cc(CNc2cccc(Br)c2)cc(C)c1Cl. The second-order valence-electron chi connectivity index (χ2n) is 4.41. The number of hydrogen-bond acceptors (Lipinski definition) is 1. The highest BCUT2D eigenvalue weighted by molar-refractivity contribution is 9.10. The Bertz CT molecular complexity index is 543. The molecule has 0 fully saturated rings. The average molecular weight is 325 g/mol. The van der Waals surface area contributed by atoms with E-state index in [2.05, 4.69) is 45.5 Å². The molecule has 0 aliphatic carbocycles. The molecule has 1 nitrogen and oxygen atoms in total. The lowest BCUT2D eigenvalue weighted by Gasteiger charge is -2.10. The molecule has 0 aliphatic heterocycles. The fourth-order valence-corrected chi connectivity index (χ4v) is 2.45. The number of rotatable bonds is 3. The van der Waals surface area contributed by atoms with E-state index in [0.29, 0.717) is 0 Å². The normalized spacial score (nSPS) is 10.4. The van der Waals surface area contributed by atoms with E-state index in [1.54, 1.807) is 0 Å². The summed E-state index contributed by atoms with van der Waals surface area (Å²) in [6.45, 7) is 4.88. The van der Waals surface area contributed by atoms with Gasteiger partial charge in [-0.25, -0.2) is 0 Å². The van der Waals surface area contributed by atoms with Gasteiger partial charge >= 0.3 is 0 Å². The van der Waals surface area contributed by atoms with Crippen LogP contribution in [0, 0.1) is 13.8 Å². The van der Waals surface area contributed by atoms with Crippen molar-refractivity contribution in [3.05, 3.63) is 62.6 Å². The molecule has 2 aromatic rings. The van der Waals surface area contributed by atoms with Crippen LogP contribution in [0.4, 0.5) is 5.69 Å². The Balaban J connectivity index is 2.11. The predicted molar refractivity (Wildman–Crippen MR) is 82.4 cm³/mol. The zero-order valence-electron chi connectivity index (χ0n) is 10.4. The van der Waals surface area contributed by atoms with E-state index in [-0.39, 0.29) is 0 Å². The summed E-state index contributed by atoms with van der Waals surface area (Å²) >= 11 is 9.62. The largest absolute Gasteiger partial charge is 0.381 e. The second-order valence-corrected chi connectivity index (χ2v) is 5.70. The van der Waals surface area contributed by atoms with Gasteiger partial charge in [0.05, 0.1) is 0 Å². The average Bonchev–Trinajstić information content (AvgIpc) is 2.33. The third-order valence-electron chi connectivity index (χ3n) is 2.82. The van der Waals surface area contributed by atoms with Crippen LogP contribution in [0.25, 0.3) is 0 Å². The van der Waals surface area contributed by atoms with E-state index in [0.717, 1.165) is 32.9 Å². The van der Waals surface area contributed by atoms with Crippen molar-refractivity contribution in [1.82, 2.24) is 0 Å². The lowest BCUT2D eigenvalue weighted by Crippen LogP contribution is -2.00. The van der Waals surface area contributed by atoms with Crippen molar-refractivity contribution in [2.24, 2.45) is 0 Å². The maximum atomic E-state index is 6.16. The van der Waals surface area contributed by atoms with Crippen molar-refractivity contribution in [2.75, 3.05) is 5.32 Å². The summed E-state index contributed by atoms with van der Waals surface area (Å²) in [7, 11) is 0. The van der Waals surface area contributed by atoms with E-state index >= 15 is 0 Å². The number of halogens is 2. The monoisotopic (exact) mass is 323 g/mol. The van der Waals surface area contributed by atoms with Crippen LogP contribution in [-0.2, 0) is 6.54 Å². The van der Waals surface area contributed by atoms with Gasteiger partial charge in [0.2, 0.25) is 0 Å². The third kappa shape index (κ3) is 3.27. The van der Waals surface area contributed by atoms with Crippen LogP contribution in [0.1, 0.15) is 16.7 Å². The summed E-state index contributed by atoms with van der Waals surface area (Å²) in [4.78, 5) is 0. The highest BCUT2D eigenvalue weighted by Crippen LogP contribution is 2.23. The molecule has 0 bridgehead atoms. The Morgan fingerprint density at radius 1 is 1.11 bits per heavy atom. The Morgan fingerprint density at radius 2 is 1.78 bits per heavy atom. The molecule has 0 atom stereocenters. The first-order valence-electron chi connectivity index (χ1n) is 5.81. The highest BCUT2D eigenvalue weighted by atomic mass is 79.9. The van der Waals surface area contributed by atoms with Crippen molar-refractivity contribution >= 4 is 33.2 Å². The number of aryl methyl sites for hydroxylation is 2. The van der Waals surface area contributed by atoms with Gasteiger partial charge in [0.1, 0.15) is 0 Å². The fourth-order valence-electron chi connectivity index (χ4n) is 1.94. The predicted octanol–water partition coefficient (Wildman–Crippen LogP) is 5.33. The van der Waals surface area contributed by atoms with Crippen molar-refractivity contribution in [2.45, 2.75) is 20.4 Å². The van der Waals surface area contributed by atoms with Crippen molar-refractivity contribution in [1.29, 1.82) is 0 Å². The van der Waals surface area contributed by atoms with E-state index in [1.165, 1.54) is 5.56 Å². The van der Waals surface area contributed by atoms with Crippen molar-refractivity contribution < 1.29 is 0 Å². The van der Waals surface area contributed by atoms with Crippen LogP contribution in [0.2, 0.25) is 5.02 Å². The molecule has 0 aromatic heterocycles. The Kier molecular flexibility index (Phi) is 4.31. The maximum absolute atomic E-state index is 6.16. The summed E-state index contributed by atoms with van der Waals surface area (Å²) in [5, 5.41) is 4.26. The second kappa shape index (κ2) is 5.77. The van der Waals surface area contributed by atoms with Gasteiger partial charge in [0, 0.05) is 21.7 Å². The molecule has 0 heterocycles. The molecule has 2 aromatic carbocycles. The summed E-state index contributed by atoms with van der Waals surface area (Å²) < 4.78 is 1.08. The quantitative estimate of drug-likeness (QED) is 0.804. The lowest BCUT2D eigenvalue weighted by molar-refractivity contribution is 1.13. The Labute approximate surface area is 121 Å².